The number of benzene rings is 6. The number of pyridine rings is 1. The van der Waals surface area contributed by atoms with Crippen LogP contribution >= 0.6 is 0 Å². The number of fused-ring (bicyclic) bond motifs is 1. The summed E-state index contributed by atoms with van der Waals surface area (Å²) in [4.78, 5) is 10.5. The van der Waals surface area contributed by atoms with E-state index < -0.39 is 6.85 Å². The third kappa shape index (κ3) is 10.5. The van der Waals surface area contributed by atoms with E-state index >= 15 is 0 Å². The average molecular weight is 1100 g/mol. The zero-order chi connectivity index (χ0) is 51.7. The molecule has 0 fully saturated rings. The van der Waals surface area contributed by atoms with E-state index in [2.05, 4.69) is 189 Å². The van der Waals surface area contributed by atoms with Crippen LogP contribution < -0.4 is 0 Å². The minimum Gasteiger partial charge on any atom is -0.507 e. The van der Waals surface area contributed by atoms with Gasteiger partial charge in [-0.05, 0) is 127 Å². The van der Waals surface area contributed by atoms with E-state index in [0.717, 1.165) is 61.3 Å². The molecule has 0 bridgehead atoms. The van der Waals surface area contributed by atoms with E-state index in [4.69, 9.17) is 14.1 Å². The van der Waals surface area contributed by atoms with Crippen LogP contribution in [0.1, 0.15) is 165 Å². The maximum absolute atomic E-state index is 12.4. The molecule has 0 aliphatic rings. The van der Waals surface area contributed by atoms with E-state index in [1.807, 2.05) is 47.2 Å². The topological polar surface area (TPSA) is 50.9 Å². The van der Waals surface area contributed by atoms with Gasteiger partial charge in [-0.2, -0.15) is 0 Å². The molecule has 8 rings (SSSR count). The zero-order valence-corrected chi connectivity index (χ0v) is 45.7. The van der Waals surface area contributed by atoms with Crippen molar-refractivity contribution < 1.29 is 30.3 Å². The Morgan fingerprint density at radius 2 is 1.17 bits per heavy atom. The molecule has 0 aliphatic heterocycles. The van der Waals surface area contributed by atoms with Crippen LogP contribution in [-0.2, 0) is 37.3 Å². The molecular formula is C64H72N3OPt-. The normalized spacial score (nSPS) is 13.2. The third-order valence-electron chi connectivity index (χ3n) is 13.6. The van der Waals surface area contributed by atoms with Crippen LogP contribution in [0.3, 0.4) is 0 Å². The van der Waals surface area contributed by atoms with Gasteiger partial charge in [0.05, 0.1) is 22.3 Å². The molecule has 8 aromatic rings. The SMILES string of the molecule is [2H]C([2H])([2H])c1cc(-c2cc(C(C)C)cc(C(C)(C)C)c2)ccc1-n1c(-c2cc(C(C)C)cc(C(C)C)c2O)nc2c(-c3[c-]c(-c4cc(-c5ccc(C(C)(C)C)cc5)ccn4)cc(C(C)(C)C)c3)cccc21.[Pt]. The summed E-state index contributed by atoms with van der Waals surface area (Å²) in [6, 6.07) is 43.8. The summed E-state index contributed by atoms with van der Waals surface area (Å²) in [6.07, 6.45) is 1.87. The third-order valence-corrected chi connectivity index (χ3v) is 13.6. The molecule has 1 N–H and O–H groups in total. The number of aromatic hydroxyl groups is 1. The van der Waals surface area contributed by atoms with Gasteiger partial charge in [0.1, 0.15) is 11.6 Å². The fourth-order valence-electron chi connectivity index (χ4n) is 9.07. The van der Waals surface area contributed by atoms with Crippen LogP contribution in [0.25, 0.3) is 72.7 Å². The number of phenolic OH excluding ortho intramolecular Hbond substituents is 1. The Bertz CT molecular complexity index is 3280. The predicted molar refractivity (Wildman–Crippen MR) is 290 cm³/mol. The second-order valence-corrected chi connectivity index (χ2v) is 22.9. The van der Waals surface area contributed by atoms with Crippen molar-refractivity contribution >= 4 is 11.0 Å². The maximum Gasteiger partial charge on any atom is 0.148 e. The van der Waals surface area contributed by atoms with Gasteiger partial charge < -0.3 is 5.11 Å². The molecular weight excluding hydrogens is 1020 g/mol. The van der Waals surface area contributed by atoms with Gasteiger partial charge >= 0.3 is 0 Å². The summed E-state index contributed by atoms with van der Waals surface area (Å²) >= 11 is 0. The molecule has 5 heteroatoms. The second-order valence-electron chi connectivity index (χ2n) is 22.9. The molecule has 69 heavy (non-hydrogen) atoms. The Hall–Kier alpha value is -5.57. The Kier molecular flexibility index (Phi) is 13.2. The van der Waals surface area contributed by atoms with Gasteiger partial charge in [0, 0.05) is 37.1 Å². The number of imidazole rings is 1. The summed E-state index contributed by atoms with van der Waals surface area (Å²) in [5.74, 6) is 1.05. The van der Waals surface area contributed by atoms with Crippen LogP contribution in [0.5, 0.6) is 5.75 Å². The van der Waals surface area contributed by atoms with Crippen molar-refractivity contribution in [1.82, 2.24) is 14.5 Å². The Labute approximate surface area is 432 Å². The predicted octanol–water partition coefficient (Wildman–Crippen LogP) is 17.8. The van der Waals surface area contributed by atoms with Crippen LogP contribution in [0.2, 0.25) is 0 Å². The molecule has 0 atom stereocenters. The number of aryl methyl sites for hydroxylation is 1. The molecule has 0 saturated carbocycles. The van der Waals surface area contributed by atoms with Gasteiger partial charge in [-0.3, -0.25) is 9.55 Å². The zero-order valence-electron chi connectivity index (χ0n) is 46.4. The number of rotatable bonds is 9. The first-order chi connectivity index (χ1) is 33.1. The molecule has 0 aliphatic carbocycles. The van der Waals surface area contributed by atoms with Crippen molar-refractivity contribution in [3.8, 4) is 67.5 Å². The second kappa shape index (κ2) is 19.3. The molecule has 0 radical (unpaired) electrons. The number of phenols is 1. The average Bonchev–Trinajstić information content (AvgIpc) is 3.69. The van der Waals surface area contributed by atoms with Gasteiger partial charge in [0.15, 0.2) is 0 Å². The van der Waals surface area contributed by atoms with Crippen molar-refractivity contribution in [3.63, 3.8) is 0 Å². The van der Waals surface area contributed by atoms with E-state index in [0.29, 0.717) is 28.1 Å². The molecule has 4 nitrogen and oxygen atoms in total. The number of para-hydroxylation sites is 1. The number of nitrogens with zero attached hydrogens (tertiary/aromatic N) is 3. The number of aromatic nitrogens is 3. The summed E-state index contributed by atoms with van der Waals surface area (Å²) in [7, 11) is 0. The minimum atomic E-state index is -2.51. The molecule has 0 unspecified atom stereocenters. The van der Waals surface area contributed by atoms with Gasteiger partial charge in [-0.15, -0.1) is 29.3 Å². The molecule has 0 amide bonds. The summed E-state index contributed by atoms with van der Waals surface area (Å²) in [5, 5.41) is 12.4. The van der Waals surface area contributed by atoms with E-state index in [9.17, 15) is 5.11 Å². The van der Waals surface area contributed by atoms with Gasteiger partial charge in [-0.25, -0.2) is 4.98 Å². The maximum atomic E-state index is 12.4. The van der Waals surface area contributed by atoms with Gasteiger partial charge in [-0.1, -0.05) is 188 Å². The summed E-state index contributed by atoms with van der Waals surface area (Å²) in [5.41, 5.74) is 16.3. The van der Waals surface area contributed by atoms with Crippen LogP contribution in [-0.4, -0.2) is 19.6 Å². The first-order valence-electron chi connectivity index (χ1n) is 25.9. The fraction of sp³-hybridized carbons (Fsp3) is 0.344. The Morgan fingerprint density at radius 1 is 0.565 bits per heavy atom. The fourth-order valence-corrected chi connectivity index (χ4v) is 9.07. The van der Waals surface area contributed by atoms with Crippen molar-refractivity contribution in [3.05, 3.63) is 166 Å². The summed E-state index contributed by atoms with van der Waals surface area (Å²) in [6.45, 7) is 30.3. The number of hydrogen-bond donors (Lipinski definition) is 1. The Balaban J connectivity index is 0.00000760. The molecule has 0 saturated heterocycles. The first kappa shape index (κ1) is 47.1. The standard InChI is InChI=1S/C64H72N3O.Pt/c1-38(2)45-29-47(32-51(31-45)63(11,12)13)43-22-25-57(41(7)28-43)67-58-19-17-18-53(59(58)66-61(67)55-36-46(39(3)4)35-54(40(5)6)60(55)68)48-30-49(34-52(33-48)64(14,15)16)56-37-44(26-27-65-56)42-20-23-50(24-21-42)62(8,9)10;/h17-29,31-40,68H,1-16H3;/q-1;/i7D3;. The monoisotopic (exact) mass is 1100 g/mol. The quantitative estimate of drug-likeness (QED) is 0.147. The first-order valence-corrected chi connectivity index (χ1v) is 24.4. The van der Waals surface area contributed by atoms with Crippen molar-refractivity contribution in [2.75, 3.05) is 0 Å². The molecule has 2 heterocycles. The van der Waals surface area contributed by atoms with Crippen LogP contribution in [0.15, 0.2) is 121 Å². The van der Waals surface area contributed by atoms with E-state index in [1.54, 1.807) is 0 Å². The largest absolute Gasteiger partial charge is 0.507 e. The van der Waals surface area contributed by atoms with Gasteiger partial charge in [0.2, 0.25) is 0 Å². The van der Waals surface area contributed by atoms with Gasteiger partial charge in [0.25, 0.3) is 0 Å². The minimum absolute atomic E-state index is 0. The molecule has 360 valence electrons. The van der Waals surface area contributed by atoms with Crippen molar-refractivity contribution in [2.45, 2.75) is 145 Å². The van der Waals surface area contributed by atoms with Crippen LogP contribution in [0.4, 0.5) is 0 Å². The van der Waals surface area contributed by atoms with Crippen LogP contribution in [0, 0.1) is 12.9 Å². The van der Waals surface area contributed by atoms with Crippen molar-refractivity contribution in [2.24, 2.45) is 0 Å². The molecule has 2 aromatic heterocycles. The molecule has 0 spiro atoms. The van der Waals surface area contributed by atoms with E-state index in [-0.39, 0.29) is 66.4 Å². The summed E-state index contributed by atoms with van der Waals surface area (Å²) < 4.78 is 29.4. The molecule has 6 aromatic carbocycles. The van der Waals surface area contributed by atoms with E-state index in [1.165, 1.54) is 16.7 Å². The van der Waals surface area contributed by atoms with Crippen molar-refractivity contribution in [1.29, 1.82) is 0 Å². The number of hydrogen-bond acceptors (Lipinski definition) is 3. The smallest absolute Gasteiger partial charge is 0.148 e. The Morgan fingerprint density at radius 3 is 1.80 bits per heavy atom.